The molecule has 0 aromatic carbocycles. The second-order valence-corrected chi connectivity index (χ2v) is 5.51. The number of hydrogen-bond donors (Lipinski definition) is 1. The van der Waals surface area contributed by atoms with E-state index >= 15 is 0 Å². The Labute approximate surface area is 99.5 Å². The fraction of sp³-hybridized carbons (Fsp3) is 1.00. The van der Waals surface area contributed by atoms with Gasteiger partial charge in [-0.2, -0.15) is 0 Å². The predicted molar refractivity (Wildman–Crippen MR) is 66.7 cm³/mol. The molecule has 3 nitrogen and oxygen atoms in total. The van der Waals surface area contributed by atoms with Gasteiger partial charge in [-0.1, -0.05) is 6.42 Å². The molecule has 3 heteroatoms. The molecule has 2 rings (SSSR count). The van der Waals surface area contributed by atoms with Gasteiger partial charge in [-0.25, -0.2) is 0 Å². The summed E-state index contributed by atoms with van der Waals surface area (Å²) in [6.45, 7) is 10.3. The van der Waals surface area contributed by atoms with E-state index in [2.05, 4.69) is 24.1 Å². The van der Waals surface area contributed by atoms with E-state index in [-0.39, 0.29) is 5.54 Å². The van der Waals surface area contributed by atoms with E-state index in [1.807, 2.05) is 0 Å². The minimum absolute atomic E-state index is 0.204. The number of rotatable bonds is 4. The van der Waals surface area contributed by atoms with Crippen LogP contribution in [-0.4, -0.2) is 49.3 Å². The fourth-order valence-electron chi connectivity index (χ4n) is 2.75. The average Bonchev–Trinajstić information content (AvgIpc) is 2.61. The van der Waals surface area contributed by atoms with Crippen molar-refractivity contribution in [1.82, 2.24) is 10.2 Å². The molecule has 16 heavy (non-hydrogen) atoms. The summed E-state index contributed by atoms with van der Waals surface area (Å²) in [6, 6.07) is 0. The Morgan fingerprint density at radius 1 is 1.31 bits per heavy atom. The topological polar surface area (TPSA) is 24.5 Å². The predicted octanol–water partition coefficient (Wildman–Crippen LogP) is 1.63. The molecule has 0 spiro atoms. The van der Waals surface area contributed by atoms with Gasteiger partial charge in [0.05, 0.1) is 6.10 Å². The third-order valence-electron chi connectivity index (χ3n) is 4.29. The standard InChI is InChI=1S/C13H26N2O/c1-12-13(2,6-11-16-12)14-7-10-15-8-4-3-5-9-15/h12,14H,3-11H2,1-2H3. The third kappa shape index (κ3) is 2.96. The van der Waals surface area contributed by atoms with Crippen LogP contribution in [0.25, 0.3) is 0 Å². The molecule has 2 unspecified atom stereocenters. The summed E-state index contributed by atoms with van der Waals surface area (Å²) in [5.74, 6) is 0. The van der Waals surface area contributed by atoms with Gasteiger partial charge in [-0.15, -0.1) is 0 Å². The molecule has 2 saturated heterocycles. The molecular formula is C13H26N2O. The Morgan fingerprint density at radius 3 is 2.69 bits per heavy atom. The monoisotopic (exact) mass is 226 g/mol. The molecule has 0 aromatic heterocycles. The number of hydrogen-bond acceptors (Lipinski definition) is 3. The third-order valence-corrected chi connectivity index (χ3v) is 4.29. The zero-order valence-corrected chi connectivity index (χ0v) is 10.8. The molecule has 2 heterocycles. The highest BCUT2D eigenvalue weighted by Gasteiger charge is 2.36. The maximum absolute atomic E-state index is 5.63. The molecule has 0 radical (unpaired) electrons. The first-order valence-corrected chi connectivity index (χ1v) is 6.80. The summed E-state index contributed by atoms with van der Waals surface area (Å²) in [5, 5.41) is 3.69. The van der Waals surface area contributed by atoms with Gasteiger partial charge in [0, 0.05) is 25.2 Å². The molecule has 94 valence electrons. The van der Waals surface area contributed by atoms with Crippen molar-refractivity contribution in [1.29, 1.82) is 0 Å². The van der Waals surface area contributed by atoms with E-state index in [0.717, 1.165) is 19.6 Å². The lowest BCUT2D eigenvalue weighted by Gasteiger charge is -2.32. The van der Waals surface area contributed by atoms with Crippen molar-refractivity contribution >= 4 is 0 Å². The van der Waals surface area contributed by atoms with Crippen molar-refractivity contribution in [3.05, 3.63) is 0 Å². The maximum atomic E-state index is 5.63. The molecule has 2 fully saturated rings. The summed E-state index contributed by atoms with van der Waals surface area (Å²) >= 11 is 0. The largest absolute Gasteiger partial charge is 0.377 e. The van der Waals surface area contributed by atoms with Crippen molar-refractivity contribution in [2.45, 2.75) is 51.2 Å². The summed E-state index contributed by atoms with van der Waals surface area (Å²) in [6.07, 6.45) is 5.70. The van der Waals surface area contributed by atoms with E-state index in [0.29, 0.717) is 6.10 Å². The van der Waals surface area contributed by atoms with Crippen LogP contribution in [0.5, 0.6) is 0 Å². The second-order valence-electron chi connectivity index (χ2n) is 5.51. The zero-order chi connectivity index (χ0) is 11.4. The van der Waals surface area contributed by atoms with Gasteiger partial charge in [-0.05, 0) is 46.2 Å². The van der Waals surface area contributed by atoms with Gasteiger partial charge >= 0.3 is 0 Å². The van der Waals surface area contributed by atoms with Gasteiger partial charge in [0.15, 0.2) is 0 Å². The second kappa shape index (κ2) is 5.48. The molecular weight excluding hydrogens is 200 g/mol. The molecule has 0 amide bonds. The van der Waals surface area contributed by atoms with Crippen LogP contribution in [0.3, 0.4) is 0 Å². The first-order chi connectivity index (χ1) is 7.71. The number of piperidine rings is 1. The fourth-order valence-corrected chi connectivity index (χ4v) is 2.75. The number of likely N-dealkylation sites (tertiary alicyclic amines) is 1. The van der Waals surface area contributed by atoms with E-state index < -0.39 is 0 Å². The molecule has 0 bridgehead atoms. The van der Waals surface area contributed by atoms with Crippen LogP contribution in [0.1, 0.15) is 39.5 Å². The minimum atomic E-state index is 0.204. The molecule has 0 saturated carbocycles. The van der Waals surface area contributed by atoms with E-state index in [9.17, 15) is 0 Å². The zero-order valence-electron chi connectivity index (χ0n) is 10.8. The van der Waals surface area contributed by atoms with Gasteiger partial charge < -0.3 is 15.0 Å². The highest BCUT2D eigenvalue weighted by atomic mass is 16.5. The molecule has 1 N–H and O–H groups in total. The number of ether oxygens (including phenoxy) is 1. The van der Waals surface area contributed by atoms with Crippen molar-refractivity contribution in [3.8, 4) is 0 Å². The SMILES string of the molecule is CC1OCCC1(C)NCCN1CCCCC1. The van der Waals surface area contributed by atoms with Crippen molar-refractivity contribution in [2.75, 3.05) is 32.8 Å². The van der Waals surface area contributed by atoms with Crippen molar-refractivity contribution in [2.24, 2.45) is 0 Å². The van der Waals surface area contributed by atoms with Crippen molar-refractivity contribution in [3.63, 3.8) is 0 Å². The van der Waals surface area contributed by atoms with E-state index in [4.69, 9.17) is 4.74 Å². The average molecular weight is 226 g/mol. The molecule has 2 aliphatic heterocycles. The Morgan fingerprint density at radius 2 is 2.06 bits per heavy atom. The molecule has 0 aliphatic carbocycles. The lowest BCUT2D eigenvalue weighted by Crippen LogP contribution is -2.50. The molecule has 2 atom stereocenters. The van der Waals surface area contributed by atoms with Crippen LogP contribution in [0.4, 0.5) is 0 Å². The van der Waals surface area contributed by atoms with Crippen LogP contribution in [-0.2, 0) is 4.74 Å². The Kier molecular flexibility index (Phi) is 4.22. The number of nitrogens with one attached hydrogen (secondary N) is 1. The van der Waals surface area contributed by atoms with Crippen LogP contribution < -0.4 is 5.32 Å². The summed E-state index contributed by atoms with van der Waals surface area (Å²) in [7, 11) is 0. The number of nitrogens with zero attached hydrogens (tertiary/aromatic N) is 1. The summed E-state index contributed by atoms with van der Waals surface area (Å²) < 4.78 is 5.63. The van der Waals surface area contributed by atoms with Gasteiger partial charge in [0.1, 0.15) is 0 Å². The van der Waals surface area contributed by atoms with Crippen LogP contribution >= 0.6 is 0 Å². The first kappa shape index (κ1) is 12.3. The van der Waals surface area contributed by atoms with E-state index in [1.165, 1.54) is 38.9 Å². The lowest BCUT2D eigenvalue weighted by atomic mass is 9.95. The van der Waals surface area contributed by atoms with Crippen LogP contribution in [0.15, 0.2) is 0 Å². The summed E-state index contributed by atoms with van der Waals surface area (Å²) in [4.78, 5) is 2.58. The minimum Gasteiger partial charge on any atom is -0.377 e. The maximum Gasteiger partial charge on any atom is 0.0726 e. The quantitative estimate of drug-likeness (QED) is 0.788. The summed E-state index contributed by atoms with van der Waals surface area (Å²) in [5.41, 5.74) is 0.204. The molecule has 0 aromatic rings. The Bertz CT molecular complexity index is 216. The van der Waals surface area contributed by atoms with E-state index in [1.54, 1.807) is 0 Å². The smallest absolute Gasteiger partial charge is 0.0726 e. The Balaban J connectivity index is 1.66. The van der Waals surface area contributed by atoms with Crippen LogP contribution in [0.2, 0.25) is 0 Å². The first-order valence-electron chi connectivity index (χ1n) is 6.80. The highest BCUT2D eigenvalue weighted by Crippen LogP contribution is 2.24. The highest BCUT2D eigenvalue weighted by molar-refractivity contribution is 4.93. The molecule has 2 aliphatic rings. The lowest BCUT2D eigenvalue weighted by molar-refractivity contribution is 0.0870. The van der Waals surface area contributed by atoms with Crippen LogP contribution in [0, 0.1) is 0 Å². The van der Waals surface area contributed by atoms with Crippen molar-refractivity contribution < 1.29 is 4.74 Å². The van der Waals surface area contributed by atoms with Gasteiger partial charge in [0.25, 0.3) is 0 Å². The normalized spacial score (nSPS) is 36.8. The van der Waals surface area contributed by atoms with Gasteiger partial charge in [0.2, 0.25) is 0 Å². The Hall–Kier alpha value is -0.120. The van der Waals surface area contributed by atoms with Gasteiger partial charge in [-0.3, -0.25) is 0 Å².